The van der Waals surface area contributed by atoms with Gasteiger partial charge in [0, 0.05) is 43.2 Å². The van der Waals surface area contributed by atoms with E-state index in [1.807, 2.05) is 42.6 Å². The summed E-state index contributed by atoms with van der Waals surface area (Å²) in [5.41, 5.74) is 4.91. The molecule has 3 aromatic carbocycles. The van der Waals surface area contributed by atoms with Gasteiger partial charge in [0.2, 0.25) is 0 Å². The fraction of sp³-hybridized carbons (Fsp3) is 0.207. The fourth-order valence-corrected chi connectivity index (χ4v) is 5.26. The number of fused-ring (bicyclic) bond motifs is 1. The van der Waals surface area contributed by atoms with Crippen LogP contribution in [0.1, 0.15) is 28.8 Å². The van der Waals surface area contributed by atoms with Gasteiger partial charge < -0.3 is 9.72 Å². The summed E-state index contributed by atoms with van der Waals surface area (Å²) in [7, 11) is 1.69. The maximum absolute atomic E-state index is 13.2. The van der Waals surface area contributed by atoms with Gasteiger partial charge in [-0.3, -0.25) is 14.8 Å². The predicted molar refractivity (Wildman–Crippen MR) is 140 cm³/mol. The third kappa shape index (κ3) is 4.29. The Morgan fingerprint density at radius 1 is 0.972 bits per heavy atom. The van der Waals surface area contributed by atoms with Crippen LogP contribution in [0.5, 0.6) is 5.75 Å². The van der Waals surface area contributed by atoms with Gasteiger partial charge >= 0.3 is 0 Å². The number of benzene rings is 3. The predicted octanol–water partition coefficient (Wildman–Crippen LogP) is 4.71. The fourth-order valence-electron chi connectivity index (χ4n) is 5.26. The Balaban J connectivity index is 1.38. The van der Waals surface area contributed by atoms with Gasteiger partial charge in [0.05, 0.1) is 24.2 Å². The van der Waals surface area contributed by atoms with Gasteiger partial charge in [-0.15, -0.1) is 0 Å². The van der Waals surface area contributed by atoms with Crippen molar-refractivity contribution in [1.29, 1.82) is 0 Å². The van der Waals surface area contributed by atoms with Gasteiger partial charge in [-0.1, -0.05) is 48.5 Å². The summed E-state index contributed by atoms with van der Waals surface area (Å²) in [6.45, 7) is 2.52. The van der Waals surface area contributed by atoms with Crippen LogP contribution < -0.4 is 10.3 Å². The van der Waals surface area contributed by atoms with Crippen LogP contribution in [0, 0.1) is 0 Å². The molecule has 5 aromatic rings. The van der Waals surface area contributed by atoms with E-state index in [1.54, 1.807) is 13.3 Å². The quantitative estimate of drug-likeness (QED) is 0.370. The number of hydrogen-bond acceptors (Lipinski definition) is 5. The van der Waals surface area contributed by atoms with Crippen molar-refractivity contribution in [3.63, 3.8) is 0 Å². The molecule has 36 heavy (non-hydrogen) atoms. The lowest BCUT2D eigenvalue weighted by Crippen LogP contribution is -2.21. The molecule has 0 amide bonds. The van der Waals surface area contributed by atoms with E-state index in [0.717, 1.165) is 42.3 Å². The molecule has 2 aromatic heterocycles. The van der Waals surface area contributed by atoms with Crippen molar-refractivity contribution in [3.05, 3.63) is 112 Å². The summed E-state index contributed by atoms with van der Waals surface area (Å²) in [6.07, 6.45) is 3.56. The summed E-state index contributed by atoms with van der Waals surface area (Å²) in [6, 6.07) is 24.5. The van der Waals surface area contributed by atoms with Gasteiger partial charge in [-0.05, 0) is 41.0 Å². The van der Waals surface area contributed by atoms with Crippen LogP contribution in [0.15, 0.2) is 90.0 Å². The molecule has 1 fully saturated rings. The van der Waals surface area contributed by atoms with Crippen LogP contribution in [-0.2, 0) is 6.54 Å². The van der Waals surface area contributed by atoms with Crippen LogP contribution in [0.4, 0.5) is 0 Å². The summed E-state index contributed by atoms with van der Waals surface area (Å²) in [4.78, 5) is 23.8. The van der Waals surface area contributed by atoms with Crippen LogP contribution in [0.3, 0.4) is 0 Å². The molecule has 0 saturated carbocycles. The monoisotopic (exact) mass is 477 g/mol. The number of H-pyrrole nitrogens is 2. The van der Waals surface area contributed by atoms with E-state index >= 15 is 0 Å². The van der Waals surface area contributed by atoms with Gasteiger partial charge in [-0.2, -0.15) is 5.10 Å². The maximum atomic E-state index is 13.2. The van der Waals surface area contributed by atoms with Gasteiger partial charge in [0.25, 0.3) is 5.56 Å². The van der Waals surface area contributed by atoms with Gasteiger partial charge in [0.15, 0.2) is 0 Å². The molecule has 0 radical (unpaired) electrons. The van der Waals surface area contributed by atoms with Crippen molar-refractivity contribution in [1.82, 2.24) is 25.1 Å². The third-order valence-corrected chi connectivity index (χ3v) is 7.07. The summed E-state index contributed by atoms with van der Waals surface area (Å²) in [5.74, 6) is 1.78. The zero-order chi connectivity index (χ0) is 24.5. The Morgan fingerprint density at radius 3 is 2.64 bits per heavy atom. The molecule has 7 nitrogen and oxygen atoms in total. The minimum absolute atomic E-state index is 0.0477. The van der Waals surface area contributed by atoms with Crippen LogP contribution in [0.2, 0.25) is 0 Å². The van der Waals surface area contributed by atoms with E-state index in [4.69, 9.17) is 9.72 Å². The first-order valence-corrected chi connectivity index (χ1v) is 12.1. The highest BCUT2D eigenvalue weighted by atomic mass is 16.5. The zero-order valence-electron chi connectivity index (χ0n) is 20.0. The molecule has 6 rings (SSSR count). The van der Waals surface area contributed by atoms with Crippen molar-refractivity contribution < 1.29 is 4.74 Å². The third-order valence-electron chi connectivity index (χ3n) is 7.07. The molecule has 7 heteroatoms. The van der Waals surface area contributed by atoms with E-state index < -0.39 is 0 Å². The topological polar surface area (TPSA) is 86.9 Å². The number of rotatable bonds is 6. The van der Waals surface area contributed by atoms with E-state index in [9.17, 15) is 4.79 Å². The Hall–Kier alpha value is -4.23. The number of likely N-dealkylation sites (tertiary alicyclic amines) is 1. The first-order valence-electron chi connectivity index (χ1n) is 12.1. The van der Waals surface area contributed by atoms with Crippen molar-refractivity contribution >= 4 is 10.9 Å². The van der Waals surface area contributed by atoms with Crippen molar-refractivity contribution in [2.75, 3.05) is 20.2 Å². The molecule has 3 heterocycles. The Kier molecular flexibility index (Phi) is 5.83. The maximum Gasteiger partial charge on any atom is 0.258 e. The smallest absolute Gasteiger partial charge is 0.258 e. The Morgan fingerprint density at radius 2 is 1.83 bits per heavy atom. The number of methoxy groups -OCH3 is 1. The summed E-state index contributed by atoms with van der Waals surface area (Å²) in [5, 5.41) is 7.41. The van der Waals surface area contributed by atoms with E-state index in [-0.39, 0.29) is 17.4 Å². The molecule has 0 spiro atoms. The first-order chi connectivity index (χ1) is 17.7. The zero-order valence-corrected chi connectivity index (χ0v) is 20.0. The number of hydrogen-bond donors (Lipinski definition) is 2. The second-order valence-corrected chi connectivity index (χ2v) is 9.34. The minimum atomic E-state index is -0.119. The second-order valence-electron chi connectivity index (χ2n) is 9.34. The van der Waals surface area contributed by atoms with Crippen LogP contribution >= 0.6 is 0 Å². The average Bonchev–Trinajstić information content (AvgIpc) is 3.60. The van der Waals surface area contributed by atoms with Gasteiger partial charge in [-0.25, -0.2) is 4.98 Å². The Bertz CT molecular complexity index is 1550. The minimum Gasteiger partial charge on any atom is -0.497 e. The van der Waals surface area contributed by atoms with Crippen molar-refractivity contribution in [2.45, 2.75) is 18.4 Å². The molecule has 2 atom stereocenters. The van der Waals surface area contributed by atoms with Crippen molar-refractivity contribution in [3.8, 4) is 16.9 Å². The largest absolute Gasteiger partial charge is 0.497 e. The average molecular weight is 478 g/mol. The molecule has 0 unspecified atom stereocenters. The molecule has 2 N–H and O–H groups in total. The van der Waals surface area contributed by atoms with Crippen LogP contribution in [-0.4, -0.2) is 45.3 Å². The highest BCUT2D eigenvalue weighted by molar-refractivity contribution is 5.83. The lowest BCUT2D eigenvalue weighted by molar-refractivity contribution is 0.323. The number of nitrogens with one attached hydrogen (secondary N) is 2. The lowest BCUT2D eigenvalue weighted by atomic mass is 9.88. The molecule has 1 saturated heterocycles. The van der Waals surface area contributed by atoms with Gasteiger partial charge in [0.1, 0.15) is 11.6 Å². The number of nitrogens with zero attached hydrogens (tertiary/aromatic N) is 3. The number of aromatic nitrogens is 4. The normalized spacial score (nSPS) is 18.0. The summed E-state index contributed by atoms with van der Waals surface area (Å²) >= 11 is 0. The van der Waals surface area contributed by atoms with E-state index in [0.29, 0.717) is 10.9 Å². The molecular formula is C29H27N5O2. The molecular weight excluding hydrogens is 450 g/mol. The van der Waals surface area contributed by atoms with Crippen molar-refractivity contribution in [2.24, 2.45) is 0 Å². The molecule has 0 aliphatic carbocycles. The van der Waals surface area contributed by atoms with E-state index in [2.05, 4.69) is 56.5 Å². The summed E-state index contributed by atoms with van der Waals surface area (Å²) < 4.78 is 5.50. The second kappa shape index (κ2) is 9.43. The highest BCUT2D eigenvalue weighted by Gasteiger charge is 2.36. The Labute approximate surface area is 208 Å². The number of ether oxygens (including phenoxy) is 1. The molecule has 180 valence electrons. The molecule has 1 aliphatic rings. The highest BCUT2D eigenvalue weighted by Crippen LogP contribution is 2.40. The molecule has 1 aliphatic heterocycles. The van der Waals surface area contributed by atoms with E-state index in [1.165, 1.54) is 11.1 Å². The van der Waals surface area contributed by atoms with Crippen LogP contribution in [0.25, 0.3) is 22.0 Å². The SMILES string of the molecule is COc1cccc([C@H]2CN(Cc3ccccc3)C[C@@H]2c2nc3ccc(-c4cn[nH]c4)cc3c(=O)[nH]2)c1. The standard InChI is InChI=1S/C29H27N5O2/c1-36-23-9-5-8-21(12-23)25-17-34(16-19-6-3-2-4-7-19)18-26(25)28-32-27-11-10-20(22-14-30-31-15-22)13-24(27)29(35)33-28/h2-15,25-26H,16-18H2,1H3,(H,30,31)(H,32,33,35)/t25-,26+/m1/s1. The lowest BCUT2D eigenvalue weighted by Gasteiger charge is -2.19. The number of aromatic amines is 2. The first kappa shape index (κ1) is 22.2. The molecule has 0 bridgehead atoms.